The Morgan fingerprint density at radius 3 is 2.40 bits per heavy atom. The minimum atomic E-state index is 0.392. The van der Waals surface area contributed by atoms with Crippen LogP contribution in [0.15, 0.2) is 0 Å². The molecule has 0 aromatic rings. The molecule has 0 heterocycles. The summed E-state index contributed by atoms with van der Waals surface area (Å²) >= 11 is 0. The average Bonchev–Trinajstić information content (AvgIpc) is 2.31. The highest BCUT2D eigenvalue weighted by atomic mass is 16.5. The van der Waals surface area contributed by atoms with Gasteiger partial charge in [0.15, 0.2) is 0 Å². The standard InChI is InChI=1S/C8H14O2/c1-6-7(4-10-5-9)8(6,2)3/h5-7H,4H2,1-3H3. The fraction of sp³-hybridized carbons (Fsp3) is 0.875. The highest BCUT2D eigenvalue weighted by Gasteiger charge is 2.54. The van der Waals surface area contributed by atoms with Crippen LogP contribution in [-0.4, -0.2) is 13.1 Å². The zero-order chi connectivity index (χ0) is 7.78. The maximum atomic E-state index is 9.83. The summed E-state index contributed by atoms with van der Waals surface area (Å²) in [5, 5.41) is 0. The Bertz CT molecular complexity index is 140. The molecule has 0 radical (unpaired) electrons. The Kier molecular flexibility index (Phi) is 1.71. The molecule has 2 heteroatoms. The second-order valence-electron chi connectivity index (χ2n) is 3.65. The largest absolute Gasteiger partial charge is 0.468 e. The Labute approximate surface area is 61.6 Å². The smallest absolute Gasteiger partial charge is 0.293 e. The number of carbonyl (C=O) groups excluding carboxylic acids is 1. The Balaban J connectivity index is 2.28. The van der Waals surface area contributed by atoms with Crippen molar-refractivity contribution < 1.29 is 9.53 Å². The molecule has 0 spiro atoms. The van der Waals surface area contributed by atoms with E-state index in [1.54, 1.807) is 0 Å². The molecule has 0 N–H and O–H groups in total. The van der Waals surface area contributed by atoms with Crippen molar-refractivity contribution in [1.29, 1.82) is 0 Å². The van der Waals surface area contributed by atoms with Crippen molar-refractivity contribution in [1.82, 2.24) is 0 Å². The van der Waals surface area contributed by atoms with Crippen LogP contribution in [0.1, 0.15) is 20.8 Å². The second-order valence-corrected chi connectivity index (χ2v) is 3.65. The molecular formula is C8H14O2. The fourth-order valence-corrected chi connectivity index (χ4v) is 1.52. The third-order valence-electron chi connectivity index (χ3n) is 2.97. The van der Waals surface area contributed by atoms with Gasteiger partial charge in [-0.05, 0) is 11.3 Å². The SMILES string of the molecule is CC1C(COC=O)C1(C)C. The van der Waals surface area contributed by atoms with Crippen LogP contribution in [0.2, 0.25) is 0 Å². The first-order valence-electron chi connectivity index (χ1n) is 3.66. The Morgan fingerprint density at radius 2 is 2.10 bits per heavy atom. The number of rotatable bonds is 3. The molecule has 0 saturated heterocycles. The fourth-order valence-electron chi connectivity index (χ4n) is 1.52. The van der Waals surface area contributed by atoms with Crippen LogP contribution >= 0.6 is 0 Å². The van der Waals surface area contributed by atoms with Crippen LogP contribution in [0.3, 0.4) is 0 Å². The molecule has 1 saturated carbocycles. The first-order valence-corrected chi connectivity index (χ1v) is 3.66. The summed E-state index contributed by atoms with van der Waals surface area (Å²) in [6.07, 6.45) is 0. The first kappa shape index (κ1) is 7.58. The monoisotopic (exact) mass is 142 g/mol. The van der Waals surface area contributed by atoms with Crippen molar-refractivity contribution in [3.05, 3.63) is 0 Å². The van der Waals surface area contributed by atoms with Crippen LogP contribution in [-0.2, 0) is 9.53 Å². The number of ether oxygens (including phenoxy) is 1. The van der Waals surface area contributed by atoms with Gasteiger partial charge in [-0.25, -0.2) is 0 Å². The van der Waals surface area contributed by atoms with Gasteiger partial charge >= 0.3 is 0 Å². The maximum absolute atomic E-state index is 9.83. The Hall–Kier alpha value is -0.530. The van der Waals surface area contributed by atoms with Crippen molar-refractivity contribution in [3.63, 3.8) is 0 Å². The van der Waals surface area contributed by atoms with E-state index in [0.29, 0.717) is 30.3 Å². The summed E-state index contributed by atoms with van der Waals surface area (Å²) in [6, 6.07) is 0. The van der Waals surface area contributed by atoms with Gasteiger partial charge in [-0.15, -0.1) is 0 Å². The van der Waals surface area contributed by atoms with Crippen LogP contribution < -0.4 is 0 Å². The lowest BCUT2D eigenvalue weighted by atomic mass is 10.1. The molecule has 2 nitrogen and oxygen atoms in total. The lowest BCUT2D eigenvalue weighted by Crippen LogP contribution is -1.99. The van der Waals surface area contributed by atoms with Gasteiger partial charge in [-0.2, -0.15) is 0 Å². The molecule has 0 bridgehead atoms. The summed E-state index contributed by atoms with van der Waals surface area (Å²) in [5.74, 6) is 1.28. The van der Waals surface area contributed by atoms with Crippen molar-refractivity contribution in [3.8, 4) is 0 Å². The van der Waals surface area contributed by atoms with E-state index >= 15 is 0 Å². The Morgan fingerprint density at radius 1 is 1.60 bits per heavy atom. The van der Waals surface area contributed by atoms with Crippen LogP contribution in [0.4, 0.5) is 0 Å². The van der Waals surface area contributed by atoms with Gasteiger partial charge in [0.2, 0.25) is 0 Å². The summed E-state index contributed by atoms with van der Waals surface area (Å²) in [7, 11) is 0. The van der Waals surface area contributed by atoms with Gasteiger partial charge in [-0.1, -0.05) is 20.8 Å². The highest BCUT2D eigenvalue weighted by Crippen LogP contribution is 2.57. The zero-order valence-corrected chi connectivity index (χ0v) is 6.76. The van der Waals surface area contributed by atoms with E-state index in [0.717, 1.165) is 0 Å². The molecule has 2 unspecified atom stereocenters. The van der Waals surface area contributed by atoms with Gasteiger partial charge in [-0.3, -0.25) is 4.79 Å². The molecule has 1 aliphatic carbocycles. The molecule has 1 aliphatic rings. The van der Waals surface area contributed by atoms with Gasteiger partial charge in [0.25, 0.3) is 6.47 Å². The lowest BCUT2D eigenvalue weighted by Gasteiger charge is -1.99. The molecule has 1 rings (SSSR count). The third kappa shape index (κ3) is 1.02. The van der Waals surface area contributed by atoms with Gasteiger partial charge < -0.3 is 4.74 Å². The zero-order valence-electron chi connectivity index (χ0n) is 6.76. The summed E-state index contributed by atoms with van der Waals surface area (Å²) < 4.78 is 4.68. The van der Waals surface area contributed by atoms with Crippen molar-refractivity contribution >= 4 is 6.47 Å². The van der Waals surface area contributed by atoms with E-state index in [2.05, 4.69) is 25.5 Å². The van der Waals surface area contributed by atoms with E-state index in [1.165, 1.54) is 0 Å². The van der Waals surface area contributed by atoms with Gasteiger partial charge in [0.1, 0.15) is 0 Å². The van der Waals surface area contributed by atoms with Gasteiger partial charge in [0, 0.05) is 5.92 Å². The molecule has 2 atom stereocenters. The minimum absolute atomic E-state index is 0.392. The van der Waals surface area contributed by atoms with E-state index in [1.807, 2.05) is 0 Å². The van der Waals surface area contributed by atoms with E-state index < -0.39 is 0 Å². The minimum Gasteiger partial charge on any atom is -0.468 e. The summed E-state index contributed by atoms with van der Waals surface area (Å²) in [4.78, 5) is 9.83. The molecule has 0 amide bonds. The van der Waals surface area contributed by atoms with E-state index in [4.69, 9.17) is 0 Å². The van der Waals surface area contributed by atoms with E-state index in [9.17, 15) is 4.79 Å². The molecule has 58 valence electrons. The molecule has 1 fully saturated rings. The molecule has 0 aliphatic heterocycles. The number of hydrogen-bond acceptors (Lipinski definition) is 2. The molecular weight excluding hydrogens is 128 g/mol. The topological polar surface area (TPSA) is 26.3 Å². The average molecular weight is 142 g/mol. The number of hydrogen-bond donors (Lipinski definition) is 0. The quantitative estimate of drug-likeness (QED) is 0.557. The normalized spacial score (nSPS) is 35.1. The highest BCUT2D eigenvalue weighted by molar-refractivity contribution is 5.37. The predicted molar refractivity (Wildman–Crippen MR) is 38.5 cm³/mol. The molecule has 0 aromatic carbocycles. The van der Waals surface area contributed by atoms with Crippen LogP contribution in [0.5, 0.6) is 0 Å². The van der Waals surface area contributed by atoms with Crippen molar-refractivity contribution in [2.75, 3.05) is 6.61 Å². The third-order valence-corrected chi connectivity index (χ3v) is 2.97. The van der Waals surface area contributed by atoms with Crippen LogP contribution in [0.25, 0.3) is 0 Å². The first-order chi connectivity index (χ1) is 4.60. The van der Waals surface area contributed by atoms with Crippen molar-refractivity contribution in [2.45, 2.75) is 20.8 Å². The molecule has 0 aromatic heterocycles. The number of carbonyl (C=O) groups is 1. The van der Waals surface area contributed by atoms with Gasteiger partial charge in [0.05, 0.1) is 6.61 Å². The molecule has 10 heavy (non-hydrogen) atoms. The lowest BCUT2D eigenvalue weighted by molar-refractivity contribution is -0.129. The summed E-state index contributed by atoms with van der Waals surface area (Å²) in [5.41, 5.74) is 0.392. The van der Waals surface area contributed by atoms with Crippen LogP contribution in [0, 0.1) is 17.3 Å². The predicted octanol–water partition coefficient (Wildman–Crippen LogP) is 1.45. The maximum Gasteiger partial charge on any atom is 0.293 e. The summed E-state index contributed by atoms with van der Waals surface area (Å²) in [6.45, 7) is 7.73. The van der Waals surface area contributed by atoms with Crippen molar-refractivity contribution in [2.24, 2.45) is 17.3 Å². The second kappa shape index (κ2) is 2.26. The van der Waals surface area contributed by atoms with E-state index in [-0.39, 0.29) is 0 Å².